The van der Waals surface area contributed by atoms with Crippen LogP contribution in [0.4, 0.5) is 0 Å². The molecule has 0 fully saturated rings. The van der Waals surface area contributed by atoms with Gasteiger partial charge in [0.05, 0.1) is 18.7 Å². The number of aromatic nitrogens is 3. The van der Waals surface area contributed by atoms with Gasteiger partial charge in [-0.15, -0.1) is 5.10 Å². The molecule has 1 heterocycles. The molecule has 0 aliphatic heterocycles. The summed E-state index contributed by atoms with van der Waals surface area (Å²) in [6, 6.07) is 8.16. The minimum Gasteiger partial charge on any atom is -0.481 e. The Morgan fingerprint density at radius 3 is 2.72 bits per heavy atom. The Labute approximate surface area is 118 Å². The van der Waals surface area contributed by atoms with Gasteiger partial charge in [0.1, 0.15) is 0 Å². The minimum atomic E-state index is -0.817. The van der Waals surface area contributed by atoms with Crippen LogP contribution >= 0.6 is 22.6 Å². The van der Waals surface area contributed by atoms with Crippen molar-refractivity contribution in [1.29, 1.82) is 0 Å². The van der Waals surface area contributed by atoms with E-state index in [4.69, 9.17) is 5.11 Å². The molecule has 18 heavy (non-hydrogen) atoms. The lowest BCUT2D eigenvalue weighted by atomic mass is 10.2. The van der Waals surface area contributed by atoms with Gasteiger partial charge in [-0.1, -0.05) is 17.3 Å². The fourth-order valence-electron chi connectivity index (χ4n) is 1.54. The maximum absolute atomic E-state index is 10.4. The van der Waals surface area contributed by atoms with Crippen LogP contribution in [0.5, 0.6) is 0 Å². The van der Waals surface area contributed by atoms with E-state index in [1.165, 1.54) is 3.57 Å². The summed E-state index contributed by atoms with van der Waals surface area (Å²) in [6.07, 6.45) is 2.30. The summed E-state index contributed by atoms with van der Waals surface area (Å²) >= 11 is 2.26. The molecule has 0 spiro atoms. The third kappa shape index (κ3) is 3.80. The summed E-state index contributed by atoms with van der Waals surface area (Å²) < 4.78 is 2.91. The van der Waals surface area contributed by atoms with Gasteiger partial charge >= 0.3 is 5.97 Å². The molecule has 0 unspecified atom stereocenters. The molecule has 0 aliphatic rings. The molecule has 2 rings (SSSR count). The first-order valence-electron chi connectivity index (χ1n) is 5.49. The van der Waals surface area contributed by atoms with Crippen molar-refractivity contribution in [3.8, 4) is 0 Å². The molecule has 5 nitrogen and oxygen atoms in total. The number of aliphatic carboxylic acids is 1. The largest absolute Gasteiger partial charge is 0.481 e. The van der Waals surface area contributed by atoms with Gasteiger partial charge in [0.2, 0.25) is 0 Å². The van der Waals surface area contributed by atoms with Gasteiger partial charge < -0.3 is 5.11 Å². The third-order valence-corrected chi connectivity index (χ3v) is 3.16. The molecule has 0 aliphatic carbocycles. The number of rotatable bonds is 5. The average molecular weight is 357 g/mol. The van der Waals surface area contributed by atoms with Crippen LogP contribution in [0.3, 0.4) is 0 Å². The Morgan fingerprint density at radius 1 is 1.33 bits per heavy atom. The summed E-state index contributed by atoms with van der Waals surface area (Å²) in [4.78, 5) is 10.4. The number of halogens is 1. The monoisotopic (exact) mass is 357 g/mol. The Balaban J connectivity index is 1.97. The molecule has 0 amide bonds. The molecule has 0 saturated heterocycles. The minimum absolute atomic E-state index is 0.0855. The third-order valence-electron chi connectivity index (χ3n) is 2.44. The van der Waals surface area contributed by atoms with E-state index in [1.54, 1.807) is 10.9 Å². The average Bonchev–Trinajstić information content (AvgIpc) is 2.77. The summed E-state index contributed by atoms with van der Waals surface area (Å²) in [5.74, 6) is -0.817. The Morgan fingerprint density at radius 2 is 2.06 bits per heavy atom. The lowest BCUT2D eigenvalue weighted by Crippen LogP contribution is -2.00. The Bertz CT molecular complexity index is 537. The first kappa shape index (κ1) is 13.0. The second-order valence-electron chi connectivity index (χ2n) is 3.93. The van der Waals surface area contributed by atoms with Gasteiger partial charge in [-0.25, -0.2) is 4.68 Å². The Kier molecular flexibility index (Phi) is 4.29. The van der Waals surface area contributed by atoms with Crippen LogP contribution in [-0.2, 0) is 17.8 Å². The van der Waals surface area contributed by atoms with Gasteiger partial charge in [-0.3, -0.25) is 4.79 Å². The fourth-order valence-corrected chi connectivity index (χ4v) is 1.90. The molecular weight excluding hydrogens is 345 g/mol. The van der Waals surface area contributed by atoms with E-state index in [1.807, 2.05) is 24.3 Å². The second-order valence-corrected chi connectivity index (χ2v) is 5.17. The van der Waals surface area contributed by atoms with Crippen molar-refractivity contribution in [3.05, 3.63) is 45.3 Å². The molecule has 2 aromatic rings. The first-order chi connectivity index (χ1) is 8.63. The van der Waals surface area contributed by atoms with Gasteiger partial charge in [-0.05, 0) is 40.3 Å². The maximum Gasteiger partial charge on any atom is 0.303 e. The van der Waals surface area contributed by atoms with Gasteiger partial charge in [0, 0.05) is 16.2 Å². The standard InChI is InChI=1S/C12H12IN3O2/c13-10-3-1-9(2-4-10)7-16-8-11(14-15-16)5-6-12(17)18/h1-4,8H,5-7H2,(H,17,18). The highest BCUT2D eigenvalue weighted by atomic mass is 127. The molecule has 1 N–H and O–H groups in total. The predicted molar refractivity (Wildman–Crippen MR) is 74.2 cm³/mol. The van der Waals surface area contributed by atoms with Crippen LogP contribution in [-0.4, -0.2) is 26.1 Å². The highest BCUT2D eigenvalue weighted by molar-refractivity contribution is 14.1. The van der Waals surface area contributed by atoms with E-state index in [0.717, 1.165) is 5.56 Å². The van der Waals surface area contributed by atoms with Crippen molar-refractivity contribution in [3.63, 3.8) is 0 Å². The normalized spacial score (nSPS) is 10.5. The van der Waals surface area contributed by atoms with Crippen molar-refractivity contribution in [2.45, 2.75) is 19.4 Å². The molecular formula is C12H12IN3O2. The smallest absolute Gasteiger partial charge is 0.303 e. The fraction of sp³-hybridized carbons (Fsp3) is 0.250. The van der Waals surface area contributed by atoms with Crippen molar-refractivity contribution >= 4 is 28.6 Å². The molecule has 0 saturated carbocycles. The number of hydrogen-bond acceptors (Lipinski definition) is 3. The van der Waals surface area contributed by atoms with Crippen molar-refractivity contribution in [1.82, 2.24) is 15.0 Å². The predicted octanol–water partition coefficient (Wildman–Crippen LogP) is 1.95. The van der Waals surface area contributed by atoms with Gasteiger partial charge in [0.15, 0.2) is 0 Å². The molecule has 94 valence electrons. The SMILES string of the molecule is O=C(O)CCc1cn(Cc2ccc(I)cc2)nn1. The number of nitrogens with zero attached hydrogens (tertiary/aromatic N) is 3. The topological polar surface area (TPSA) is 68.0 Å². The summed E-state index contributed by atoms with van der Waals surface area (Å²) in [6.45, 7) is 0.650. The Hall–Kier alpha value is -1.44. The summed E-state index contributed by atoms with van der Waals surface area (Å²) in [5.41, 5.74) is 1.85. The van der Waals surface area contributed by atoms with Gasteiger partial charge in [0.25, 0.3) is 0 Å². The summed E-state index contributed by atoms with van der Waals surface area (Å²) in [5, 5.41) is 16.5. The highest BCUT2D eigenvalue weighted by Crippen LogP contribution is 2.08. The summed E-state index contributed by atoms with van der Waals surface area (Å²) in [7, 11) is 0. The van der Waals surface area contributed by atoms with E-state index in [0.29, 0.717) is 18.7 Å². The van der Waals surface area contributed by atoms with Crippen LogP contribution in [0.2, 0.25) is 0 Å². The van der Waals surface area contributed by atoms with Crippen molar-refractivity contribution in [2.24, 2.45) is 0 Å². The zero-order valence-corrected chi connectivity index (χ0v) is 11.7. The first-order valence-corrected chi connectivity index (χ1v) is 6.56. The molecule has 0 radical (unpaired) electrons. The zero-order valence-electron chi connectivity index (χ0n) is 9.58. The van der Waals surface area contributed by atoms with E-state index < -0.39 is 5.97 Å². The number of aryl methyl sites for hydroxylation is 1. The van der Waals surface area contributed by atoms with Crippen LogP contribution in [0.15, 0.2) is 30.5 Å². The number of carbonyl (C=O) groups is 1. The van der Waals surface area contributed by atoms with E-state index in [2.05, 4.69) is 32.9 Å². The number of hydrogen-bond donors (Lipinski definition) is 1. The zero-order chi connectivity index (χ0) is 13.0. The van der Waals surface area contributed by atoms with Crippen LogP contribution in [0, 0.1) is 3.57 Å². The molecule has 0 bridgehead atoms. The van der Waals surface area contributed by atoms with E-state index in [9.17, 15) is 4.79 Å². The number of carboxylic acids is 1. The molecule has 6 heteroatoms. The lowest BCUT2D eigenvalue weighted by Gasteiger charge is -2.00. The quantitative estimate of drug-likeness (QED) is 0.831. The van der Waals surface area contributed by atoms with E-state index >= 15 is 0 Å². The second kappa shape index (κ2) is 5.94. The van der Waals surface area contributed by atoms with Gasteiger partial charge in [-0.2, -0.15) is 0 Å². The van der Waals surface area contributed by atoms with E-state index in [-0.39, 0.29) is 6.42 Å². The van der Waals surface area contributed by atoms with Crippen molar-refractivity contribution in [2.75, 3.05) is 0 Å². The lowest BCUT2D eigenvalue weighted by molar-refractivity contribution is -0.136. The van der Waals surface area contributed by atoms with Crippen LogP contribution < -0.4 is 0 Å². The molecule has 1 aromatic carbocycles. The number of benzene rings is 1. The van der Waals surface area contributed by atoms with Crippen LogP contribution in [0.25, 0.3) is 0 Å². The maximum atomic E-state index is 10.4. The van der Waals surface area contributed by atoms with Crippen molar-refractivity contribution < 1.29 is 9.90 Å². The highest BCUT2D eigenvalue weighted by Gasteiger charge is 2.04. The van der Waals surface area contributed by atoms with Crippen LogP contribution in [0.1, 0.15) is 17.7 Å². The molecule has 0 atom stereocenters. The number of carboxylic acid groups (broad SMARTS) is 1. The molecule has 1 aromatic heterocycles.